The van der Waals surface area contributed by atoms with E-state index in [-0.39, 0.29) is 56.5 Å². The highest BCUT2D eigenvalue weighted by molar-refractivity contribution is 7.25. The van der Waals surface area contributed by atoms with Gasteiger partial charge in [-0.3, -0.25) is 14.4 Å². The molecular weight excluding hydrogens is 813 g/mol. The Balaban J connectivity index is 1.44. The van der Waals surface area contributed by atoms with Crippen LogP contribution in [0.15, 0.2) is 59.1 Å². The number of nitrogens with zero attached hydrogens (tertiary/aromatic N) is 2. The third-order valence-electron chi connectivity index (χ3n) is 13.0. The maximum atomic E-state index is 14.7. The van der Waals surface area contributed by atoms with E-state index in [4.69, 9.17) is 19.2 Å². The second kappa shape index (κ2) is 17.3. The molecule has 0 saturated carbocycles. The predicted molar refractivity (Wildman–Crippen MR) is 242 cm³/mol. The summed E-state index contributed by atoms with van der Waals surface area (Å²) < 4.78 is 19.1. The lowest BCUT2D eigenvalue weighted by Crippen LogP contribution is -2.54. The van der Waals surface area contributed by atoms with Crippen LogP contribution in [0.4, 0.5) is 11.4 Å². The van der Waals surface area contributed by atoms with Gasteiger partial charge in [-0.25, -0.2) is 4.98 Å². The van der Waals surface area contributed by atoms with Gasteiger partial charge in [0.05, 0.1) is 62.1 Å². The number of phenolic OH excluding ortho intramolecular Hbond substituents is 1. The SMILES string of the molecule is CO[C@H]1/C=C/O[C@@]2(C)Oc3c(C)c(=O)c4c(O)c(c5sc6cc(N7C[C@@H](C)N[C@@H](C)C7)ccc6nc5c4c3C2=O)NC(=O)/C(C)=C\C=C\[C@H](C)[C@H](O)[C@@H](C)[C@@H](O)[C@@H](C)[C@H](O)[C@@H]1C. The molecule has 0 unspecified atom stereocenters. The average Bonchev–Trinajstić information content (AvgIpc) is 3.51. The molecule has 0 radical (unpaired) electrons. The Labute approximate surface area is 364 Å². The second-order valence-corrected chi connectivity index (χ2v) is 18.7. The van der Waals surface area contributed by atoms with E-state index in [0.29, 0.717) is 10.2 Å². The first-order valence-electron chi connectivity index (χ1n) is 21.2. The number of ether oxygens (including phenoxy) is 3. The van der Waals surface area contributed by atoms with Gasteiger partial charge in [0.2, 0.25) is 0 Å². The monoisotopic (exact) mass is 870 g/mol. The first-order valence-corrected chi connectivity index (χ1v) is 22.0. The number of amides is 1. The van der Waals surface area contributed by atoms with Crippen LogP contribution >= 0.6 is 11.3 Å². The first kappa shape index (κ1) is 45.1. The molecule has 1 fully saturated rings. The first-order chi connectivity index (χ1) is 29.3. The van der Waals surface area contributed by atoms with Crippen molar-refractivity contribution in [3.63, 3.8) is 0 Å². The van der Waals surface area contributed by atoms with E-state index in [1.165, 1.54) is 44.6 Å². The number of hydrogen-bond acceptors (Lipinski definition) is 14. The van der Waals surface area contributed by atoms with Crippen LogP contribution < -0.4 is 25.7 Å². The number of Topliss-reactive ketones (excluding diaryl/α,β-unsaturated/α-hetero) is 1. The second-order valence-electron chi connectivity index (χ2n) is 17.7. The lowest BCUT2D eigenvalue weighted by atomic mass is 9.78. The highest BCUT2D eigenvalue weighted by Gasteiger charge is 2.49. The fourth-order valence-electron chi connectivity index (χ4n) is 9.14. The maximum absolute atomic E-state index is 14.7. The lowest BCUT2D eigenvalue weighted by Gasteiger charge is -2.37. The summed E-state index contributed by atoms with van der Waals surface area (Å²) in [6.07, 6.45) is 3.78. The minimum absolute atomic E-state index is 0.00151. The number of fused-ring (bicyclic) bond motifs is 2. The zero-order chi connectivity index (χ0) is 45.1. The molecule has 7 rings (SSSR count). The smallest absolute Gasteiger partial charge is 0.312 e. The lowest BCUT2D eigenvalue weighted by molar-refractivity contribution is -0.112. The minimum atomic E-state index is -1.97. The summed E-state index contributed by atoms with van der Waals surface area (Å²) >= 11 is 1.26. The number of carbonyl (C=O) groups excluding carboxylic acids is 2. The van der Waals surface area contributed by atoms with Gasteiger partial charge in [-0.15, -0.1) is 11.3 Å². The Morgan fingerprint density at radius 2 is 1.58 bits per heavy atom. The zero-order valence-corrected chi connectivity index (χ0v) is 37.7. The van der Waals surface area contributed by atoms with Crippen LogP contribution in [0, 0.1) is 30.6 Å². The number of aromatic nitrogens is 1. The van der Waals surface area contributed by atoms with Crippen LogP contribution in [0.5, 0.6) is 11.5 Å². The number of benzene rings is 3. The topological polar surface area (TPSA) is 200 Å². The van der Waals surface area contributed by atoms with E-state index < -0.39 is 76.7 Å². The number of methoxy groups -OCH3 is 1. The summed E-state index contributed by atoms with van der Waals surface area (Å²) in [5.41, 5.74) is 1.40. The summed E-state index contributed by atoms with van der Waals surface area (Å²) in [6.45, 7) is 17.3. The van der Waals surface area contributed by atoms with Gasteiger partial charge in [0, 0.05) is 85.1 Å². The number of carbonyl (C=O) groups is 2. The van der Waals surface area contributed by atoms with Gasteiger partial charge in [-0.1, -0.05) is 45.9 Å². The Morgan fingerprint density at radius 1 is 0.919 bits per heavy atom. The van der Waals surface area contributed by atoms with Crippen molar-refractivity contribution in [1.29, 1.82) is 0 Å². The van der Waals surface area contributed by atoms with Crippen molar-refractivity contribution in [3.05, 3.63) is 75.7 Å². The van der Waals surface area contributed by atoms with Gasteiger partial charge in [0.15, 0.2) is 11.2 Å². The molecule has 332 valence electrons. The molecule has 0 spiro atoms. The number of aromatic hydroxyl groups is 1. The predicted octanol–water partition coefficient (Wildman–Crippen LogP) is 6.08. The molecule has 1 aromatic heterocycles. The molecule has 3 aliphatic rings. The molecule has 3 aromatic carbocycles. The van der Waals surface area contributed by atoms with E-state index in [2.05, 4.69) is 29.4 Å². The number of phenols is 1. The Hall–Kier alpha value is -4.90. The van der Waals surface area contributed by atoms with Crippen LogP contribution in [-0.2, 0) is 14.3 Å². The summed E-state index contributed by atoms with van der Waals surface area (Å²) in [7, 11) is 1.46. The number of piperazine rings is 1. The van der Waals surface area contributed by atoms with E-state index in [9.17, 15) is 34.8 Å². The van der Waals surface area contributed by atoms with Crippen molar-refractivity contribution >= 4 is 65.6 Å². The standard InChI is InChI=1S/C47H58N4O10S/c1-21-12-11-13-22(2)46(58)50-37-42(56)34-33(36-44(37)62-32-18-29(14-15-30(32)49-36)51-19-23(3)48-24(4)20-51)35-43(28(8)41(34)55)61-47(9,45(35)57)60-17-16-31(59-10)25(5)39(53)27(7)40(54)26(6)38(21)52/h11-18,21,23-27,31,38-40,48,52-54,56H,19-20H2,1-10H3,(H,50,58)/b12-11+,17-16+,22-13-/t21-,23-,24+,25+,26+,27-,31-,38-,39+,40+,47-/m0/s1. The van der Waals surface area contributed by atoms with Crippen LogP contribution in [0.1, 0.15) is 71.3 Å². The molecule has 0 aliphatic carbocycles. The van der Waals surface area contributed by atoms with Crippen molar-refractivity contribution in [2.75, 3.05) is 30.4 Å². The third kappa shape index (κ3) is 7.99. The quantitative estimate of drug-likeness (QED) is 0.0770. The van der Waals surface area contributed by atoms with Crippen molar-refractivity contribution in [2.45, 2.75) is 105 Å². The number of aliphatic hydroxyl groups excluding tert-OH is 3. The van der Waals surface area contributed by atoms with Gasteiger partial charge in [-0.2, -0.15) is 0 Å². The summed E-state index contributed by atoms with van der Waals surface area (Å²) in [4.78, 5) is 50.4. The summed E-state index contributed by atoms with van der Waals surface area (Å²) in [5.74, 6) is -6.09. The summed E-state index contributed by atoms with van der Waals surface area (Å²) in [5, 5.41) is 52.5. The average molecular weight is 871 g/mol. The van der Waals surface area contributed by atoms with E-state index in [1.54, 1.807) is 52.8 Å². The van der Waals surface area contributed by atoms with Crippen LogP contribution in [0.2, 0.25) is 0 Å². The van der Waals surface area contributed by atoms with Gasteiger partial charge >= 0.3 is 5.79 Å². The highest BCUT2D eigenvalue weighted by atomic mass is 32.1. The molecule has 4 bridgehead atoms. The van der Waals surface area contributed by atoms with Crippen molar-refractivity contribution in [3.8, 4) is 11.5 Å². The van der Waals surface area contributed by atoms with E-state index >= 15 is 0 Å². The molecule has 15 heteroatoms. The minimum Gasteiger partial charge on any atom is -0.505 e. The number of hydrogen-bond donors (Lipinski definition) is 6. The number of nitrogens with one attached hydrogen (secondary N) is 2. The molecule has 1 amide bonds. The largest absolute Gasteiger partial charge is 0.505 e. The number of rotatable bonds is 2. The Bertz CT molecular complexity index is 2580. The van der Waals surface area contributed by atoms with Crippen LogP contribution in [-0.4, -0.2) is 99.6 Å². The van der Waals surface area contributed by atoms with Gasteiger partial charge in [-0.05, 0) is 52.0 Å². The summed E-state index contributed by atoms with van der Waals surface area (Å²) in [6, 6.07) is 6.42. The maximum Gasteiger partial charge on any atom is 0.312 e. The fourth-order valence-corrected chi connectivity index (χ4v) is 10.2. The number of anilines is 2. The molecule has 4 heterocycles. The highest BCUT2D eigenvalue weighted by Crippen LogP contribution is 2.49. The molecule has 3 aliphatic heterocycles. The molecule has 11 atom stereocenters. The third-order valence-corrected chi connectivity index (χ3v) is 14.1. The van der Waals surface area contributed by atoms with Crippen molar-refractivity contribution < 1.29 is 44.2 Å². The van der Waals surface area contributed by atoms with Gasteiger partial charge in [0.1, 0.15) is 11.4 Å². The Morgan fingerprint density at radius 3 is 2.26 bits per heavy atom. The zero-order valence-electron chi connectivity index (χ0n) is 36.8. The normalized spacial score (nSPS) is 33.3. The van der Waals surface area contributed by atoms with Gasteiger partial charge in [0.25, 0.3) is 11.7 Å². The van der Waals surface area contributed by atoms with Crippen LogP contribution in [0.25, 0.3) is 31.2 Å². The molecule has 6 N–H and O–H groups in total. The van der Waals surface area contributed by atoms with Crippen molar-refractivity contribution in [1.82, 2.24) is 10.3 Å². The number of allylic oxidation sites excluding steroid dienone is 2. The molecule has 14 nitrogen and oxygen atoms in total. The molecular formula is C47H58N4O10S. The van der Waals surface area contributed by atoms with Crippen LogP contribution in [0.3, 0.4) is 0 Å². The number of aliphatic hydroxyl groups is 3. The van der Waals surface area contributed by atoms with E-state index in [0.717, 1.165) is 23.5 Å². The number of ketones is 1. The van der Waals surface area contributed by atoms with E-state index in [1.807, 2.05) is 18.2 Å². The molecule has 62 heavy (non-hydrogen) atoms. The Kier molecular flexibility index (Phi) is 12.6. The fraction of sp³-hybridized carbons (Fsp3) is 0.489. The van der Waals surface area contributed by atoms with Crippen molar-refractivity contribution in [2.24, 2.45) is 23.7 Å². The molecule has 4 aromatic rings. The van der Waals surface area contributed by atoms with Gasteiger partial charge < -0.3 is 50.2 Å². The molecule has 1 saturated heterocycles.